The lowest BCUT2D eigenvalue weighted by Gasteiger charge is -2.24. The van der Waals surface area contributed by atoms with Crippen molar-refractivity contribution in [1.29, 1.82) is 0 Å². The van der Waals surface area contributed by atoms with E-state index < -0.39 is 0 Å². The molecule has 12 heavy (non-hydrogen) atoms. The Morgan fingerprint density at radius 1 is 1.25 bits per heavy atom. The first kappa shape index (κ1) is 11.9. The molecule has 2 heteroatoms. The Hall–Kier alpha value is -0.0800. The standard InChI is InChI=1S/C10H22O2/c1-6-12-10(4,5)8-11-7-9(2)3/h9H,6-8H2,1-5H3. The lowest BCUT2D eigenvalue weighted by atomic mass is 10.1. The van der Waals surface area contributed by atoms with E-state index in [1.807, 2.05) is 6.92 Å². The van der Waals surface area contributed by atoms with Gasteiger partial charge in [-0.15, -0.1) is 0 Å². The van der Waals surface area contributed by atoms with E-state index in [2.05, 4.69) is 27.7 Å². The monoisotopic (exact) mass is 174 g/mol. The minimum atomic E-state index is -0.135. The summed E-state index contributed by atoms with van der Waals surface area (Å²) in [5, 5.41) is 0. The molecule has 0 aliphatic heterocycles. The second-order valence-electron chi connectivity index (χ2n) is 4.10. The molecule has 2 nitrogen and oxygen atoms in total. The zero-order valence-electron chi connectivity index (χ0n) is 9.02. The summed E-state index contributed by atoms with van der Waals surface area (Å²) < 4.78 is 11.0. The summed E-state index contributed by atoms with van der Waals surface area (Å²) in [6.45, 7) is 12.6. The molecule has 0 rings (SSSR count). The first-order chi connectivity index (χ1) is 5.48. The predicted molar refractivity (Wildman–Crippen MR) is 51.4 cm³/mol. The van der Waals surface area contributed by atoms with Gasteiger partial charge in [0.1, 0.15) is 0 Å². The average Bonchev–Trinajstić information content (AvgIpc) is 1.85. The maximum atomic E-state index is 5.49. The molecule has 0 fully saturated rings. The zero-order chi connectivity index (χ0) is 9.61. The third kappa shape index (κ3) is 6.62. The third-order valence-electron chi connectivity index (χ3n) is 1.44. The first-order valence-electron chi connectivity index (χ1n) is 4.69. The largest absolute Gasteiger partial charge is 0.378 e. The number of ether oxygens (including phenoxy) is 2. The van der Waals surface area contributed by atoms with Crippen LogP contribution in [0.3, 0.4) is 0 Å². The minimum absolute atomic E-state index is 0.135. The fourth-order valence-corrected chi connectivity index (χ4v) is 0.973. The topological polar surface area (TPSA) is 18.5 Å². The van der Waals surface area contributed by atoms with Gasteiger partial charge in [0, 0.05) is 13.2 Å². The molecule has 0 aromatic heterocycles. The van der Waals surface area contributed by atoms with Gasteiger partial charge >= 0.3 is 0 Å². The van der Waals surface area contributed by atoms with E-state index in [0.29, 0.717) is 12.5 Å². The highest BCUT2D eigenvalue weighted by atomic mass is 16.5. The van der Waals surface area contributed by atoms with Gasteiger partial charge in [-0.2, -0.15) is 0 Å². The Bertz CT molecular complexity index is 108. The molecule has 0 aromatic rings. The van der Waals surface area contributed by atoms with Gasteiger partial charge in [0.2, 0.25) is 0 Å². The summed E-state index contributed by atoms with van der Waals surface area (Å²) in [7, 11) is 0. The molecule has 0 heterocycles. The van der Waals surface area contributed by atoms with Crippen molar-refractivity contribution in [3.63, 3.8) is 0 Å². The normalized spacial score (nSPS) is 12.5. The quantitative estimate of drug-likeness (QED) is 0.616. The fourth-order valence-electron chi connectivity index (χ4n) is 0.973. The molecule has 0 saturated heterocycles. The maximum absolute atomic E-state index is 5.49. The van der Waals surface area contributed by atoms with Crippen LogP contribution in [0.1, 0.15) is 34.6 Å². The van der Waals surface area contributed by atoms with Crippen LogP contribution < -0.4 is 0 Å². The second-order valence-corrected chi connectivity index (χ2v) is 4.10. The lowest BCUT2D eigenvalue weighted by Crippen LogP contribution is -2.31. The van der Waals surface area contributed by atoms with Gasteiger partial charge in [0.15, 0.2) is 0 Å². The minimum Gasteiger partial charge on any atom is -0.378 e. The van der Waals surface area contributed by atoms with Crippen molar-refractivity contribution in [2.75, 3.05) is 19.8 Å². The van der Waals surface area contributed by atoms with Crippen molar-refractivity contribution < 1.29 is 9.47 Å². The predicted octanol–water partition coefficient (Wildman–Crippen LogP) is 2.47. The number of hydrogen-bond acceptors (Lipinski definition) is 2. The van der Waals surface area contributed by atoms with Crippen LogP contribution in [0.2, 0.25) is 0 Å². The van der Waals surface area contributed by atoms with Crippen LogP contribution in [0.5, 0.6) is 0 Å². The molecule has 0 aliphatic carbocycles. The van der Waals surface area contributed by atoms with Gasteiger partial charge in [-0.1, -0.05) is 13.8 Å². The number of hydrogen-bond donors (Lipinski definition) is 0. The van der Waals surface area contributed by atoms with E-state index in [9.17, 15) is 0 Å². The van der Waals surface area contributed by atoms with Crippen LogP contribution in [0, 0.1) is 5.92 Å². The lowest BCUT2D eigenvalue weighted by molar-refractivity contribution is -0.0743. The van der Waals surface area contributed by atoms with Crippen LogP contribution in [-0.2, 0) is 9.47 Å². The van der Waals surface area contributed by atoms with Crippen molar-refractivity contribution in [2.45, 2.75) is 40.2 Å². The van der Waals surface area contributed by atoms with Crippen LogP contribution in [0.15, 0.2) is 0 Å². The average molecular weight is 174 g/mol. The van der Waals surface area contributed by atoms with Crippen molar-refractivity contribution in [1.82, 2.24) is 0 Å². The molecule has 0 amide bonds. The van der Waals surface area contributed by atoms with Gasteiger partial charge in [-0.25, -0.2) is 0 Å². The first-order valence-corrected chi connectivity index (χ1v) is 4.69. The Morgan fingerprint density at radius 2 is 1.83 bits per heavy atom. The van der Waals surface area contributed by atoms with E-state index in [1.165, 1.54) is 0 Å². The molecule has 74 valence electrons. The van der Waals surface area contributed by atoms with E-state index in [1.54, 1.807) is 0 Å². The molecule has 0 spiro atoms. The van der Waals surface area contributed by atoms with Crippen LogP contribution in [-0.4, -0.2) is 25.4 Å². The molecule has 0 saturated carbocycles. The molecule has 0 atom stereocenters. The summed E-state index contributed by atoms with van der Waals surface area (Å²) in [5.41, 5.74) is -0.135. The van der Waals surface area contributed by atoms with Gasteiger partial charge in [0.05, 0.1) is 12.2 Å². The highest BCUT2D eigenvalue weighted by Crippen LogP contribution is 2.09. The van der Waals surface area contributed by atoms with E-state index >= 15 is 0 Å². The molecule has 0 N–H and O–H groups in total. The SMILES string of the molecule is CCOC(C)(C)COCC(C)C. The Balaban J connectivity index is 3.46. The molecule has 0 radical (unpaired) electrons. The van der Waals surface area contributed by atoms with Gasteiger partial charge in [-0.05, 0) is 26.7 Å². The summed E-state index contributed by atoms with van der Waals surface area (Å²) in [6.07, 6.45) is 0. The van der Waals surface area contributed by atoms with Crippen molar-refractivity contribution >= 4 is 0 Å². The van der Waals surface area contributed by atoms with Gasteiger partial charge < -0.3 is 9.47 Å². The zero-order valence-corrected chi connectivity index (χ0v) is 9.02. The maximum Gasteiger partial charge on any atom is 0.0858 e. The van der Waals surface area contributed by atoms with Crippen LogP contribution in [0.25, 0.3) is 0 Å². The second kappa shape index (κ2) is 5.55. The molecular formula is C10H22O2. The molecule has 0 aliphatic rings. The number of rotatable bonds is 6. The molecule has 0 unspecified atom stereocenters. The summed E-state index contributed by atoms with van der Waals surface area (Å²) >= 11 is 0. The molecular weight excluding hydrogens is 152 g/mol. The Kier molecular flexibility index (Phi) is 5.51. The van der Waals surface area contributed by atoms with E-state index in [-0.39, 0.29) is 5.60 Å². The Morgan fingerprint density at radius 3 is 2.25 bits per heavy atom. The summed E-state index contributed by atoms with van der Waals surface area (Å²) in [4.78, 5) is 0. The Labute approximate surface area is 76.3 Å². The highest BCUT2D eigenvalue weighted by Gasteiger charge is 2.17. The highest BCUT2D eigenvalue weighted by molar-refractivity contribution is 4.66. The van der Waals surface area contributed by atoms with Crippen molar-refractivity contribution in [2.24, 2.45) is 5.92 Å². The fraction of sp³-hybridized carbons (Fsp3) is 1.00. The third-order valence-corrected chi connectivity index (χ3v) is 1.44. The van der Waals surface area contributed by atoms with E-state index in [0.717, 1.165) is 13.2 Å². The smallest absolute Gasteiger partial charge is 0.0858 e. The van der Waals surface area contributed by atoms with Gasteiger partial charge in [-0.3, -0.25) is 0 Å². The van der Waals surface area contributed by atoms with Crippen molar-refractivity contribution in [3.8, 4) is 0 Å². The van der Waals surface area contributed by atoms with Crippen molar-refractivity contribution in [3.05, 3.63) is 0 Å². The van der Waals surface area contributed by atoms with Crippen LogP contribution in [0.4, 0.5) is 0 Å². The molecule has 0 aromatic carbocycles. The van der Waals surface area contributed by atoms with Gasteiger partial charge in [0.25, 0.3) is 0 Å². The van der Waals surface area contributed by atoms with E-state index in [4.69, 9.17) is 9.47 Å². The summed E-state index contributed by atoms with van der Waals surface area (Å²) in [6, 6.07) is 0. The molecule has 0 bridgehead atoms. The van der Waals surface area contributed by atoms with Crippen LogP contribution >= 0.6 is 0 Å². The summed E-state index contributed by atoms with van der Waals surface area (Å²) in [5.74, 6) is 0.599.